The number of rotatable bonds is 7. The highest BCUT2D eigenvalue weighted by atomic mass is 32.1. The largest absolute Gasteiger partial charge is 0.488 e. The first kappa shape index (κ1) is 26.9. The molecule has 0 unspecified atom stereocenters. The standard InChI is InChI=1S/C27H28F3N5O3S/c1-15-3-5-18(12-20(15)28)27(25-32-14-33-39-25)7-8-35(13-27)26(37)34-21-11-16(23(29)30)4-6-22(21)38-19-9-17(10-19)24(36)31-2/h3-6,11-12,14,17,19,23H,7-10,13H2,1-2H3,(H,31,36)(H,34,37)/t17-,19-,27-/m1/s1. The number of anilines is 1. The first-order valence-electron chi connectivity index (χ1n) is 12.6. The minimum Gasteiger partial charge on any atom is -0.488 e. The van der Waals surface area contributed by atoms with Gasteiger partial charge >= 0.3 is 6.03 Å². The number of aryl methyl sites for hydroxylation is 1. The maximum Gasteiger partial charge on any atom is 0.321 e. The molecule has 8 nitrogen and oxygen atoms in total. The number of likely N-dealkylation sites (tertiary alicyclic amines) is 1. The van der Waals surface area contributed by atoms with Crippen LogP contribution in [0.5, 0.6) is 5.75 Å². The van der Waals surface area contributed by atoms with Crippen molar-refractivity contribution in [3.8, 4) is 5.75 Å². The van der Waals surface area contributed by atoms with Crippen molar-refractivity contribution in [2.75, 3.05) is 25.5 Å². The number of carbonyl (C=O) groups is 2. The Morgan fingerprint density at radius 3 is 2.67 bits per heavy atom. The van der Waals surface area contributed by atoms with E-state index in [4.69, 9.17) is 4.74 Å². The molecule has 1 saturated heterocycles. The normalized spacial score (nSPS) is 22.5. The summed E-state index contributed by atoms with van der Waals surface area (Å²) in [5.41, 5.74) is 0.318. The maximum absolute atomic E-state index is 14.5. The zero-order valence-corrected chi connectivity index (χ0v) is 22.2. The highest BCUT2D eigenvalue weighted by molar-refractivity contribution is 7.05. The monoisotopic (exact) mass is 559 g/mol. The molecular weight excluding hydrogens is 531 g/mol. The molecule has 39 heavy (non-hydrogen) atoms. The van der Waals surface area contributed by atoms with Gasteiger partial charge in [-0.3, -0.25) is 4.79 Å². The Bertz CT molecular complexity index is 1370. The third kappa shape index (κ3) is 5.29. The number of urea groups is 1. The average molecular weight is 560 g/mol. The molecular formula is C27H28F3N5O3S. The van der Waals surface area contributed by atoms with Gasteiger partial charge in [-0.15, -0.1) is 0 Å². The molecule has 2 heterocycles. The van der Waals surface area contributed by atoms with Gasteiger partial charge in [0.2, 0.25) is 5.91 Å². The van der Waals surface area contributed by atoms with E-state index in [1.54, 1.807) is 24.9 Å². The third-order valence-electron chi connectivity index (χ3n) is 7.55. The molecule has 1 saturated carbocycles. The first-order valence-corrected chi connectivity index (χ1v) is 13.4. The Morgan fingerprint density at radius 1 is 1.21 bits per heavy atom. The molecule has 1 aromatic heterocycles. The van der Waals surface area contributed by atoms with Crippen molar-refractivity contribution in [2.45, 2.75) is 44.1 Å². The number of nitrogens with zero attached hydrogens (tertiary/aromatic N) is 3. The van der Waals surface area contributed by atoms with Crippen LogP contribution in [0.2, 0.25) is 0 Å². The second-order valence-corrected chi connectivity index (χ2v) is 10.8. The fourth-order valence-corrected chi connectivity index (χ4v) is 5.88. The number of ether oxygens (including phenoxy) is 1. The van der Waals surface area contributed by atoms with Crippen LogP contribution in [-0.2, 0) is 10.2 Å². The van der Waals surface area contributed by atoms with Crippen molar-refractivity contribution < 1.29 is 27.5 Å². The quantitative estimate of drug-likeness (QED) is 0.422. The first-order chi connectivity index (χ1) is 18.7. The number of hydrogen-bond donors (Lipinski definition) is 2. The minimum absolute atomic E-state index is 0.0715. The lowest BCUT2D eigenvalue weighted by atomic mass is 9.80. The van der Waals surface area contributed by atoms with Gasteiger partial charge in [0, 0.05) is 31.6 Å². The molecule has 2 fully saturated rings. The number of halogens is 3. The number of carbonyl (C=O) groups excluding carboxylic acids is 2. The van der Waals surface area contributed by atoms with Gasteiger partial charge in [-0.2, -0.15) is 4.37 Å². The molecule has 206 valence electrons. The number of aromatic nitrogens is 2. The summed E-state index contributed by atoms with van der Waals surface area (Å²) >= 11 is 1.19. The third-order valence-corrected chi connectivity index (χ3v) is 8.42. The summed E-state index contributed by atoms with van der Waals surface area (Å²) in [5, 5.41) is 6.02. The number of alkyl halides is 2. The predicted octanol–water partition coefficient (Wildman–Crippen LogP) is 5.05. The van der Waals surface area contributed by atoms with E-state index in [9.17, 15) is 22.8 Å². The number of hydrogen-bond acceptors (Lipinski definition) is 6. The van der Waals surface area contributed by atoms with E-state index in [1.165, 1.54) is 42.1 Å². The molecule has 2 N–H and O–H groups in total. The summed E-state index contributed by atoms with van der Waals surface area (Å²) in [6.45, 7) is 2.22. The fraction of sp³-hybridized carbons (Fsp3) is 0.407. The molecule has 2 aliphatic rings. The van der Waals surface area contributed by atoms with Gasteiger partial charge in [-0.05, 0) is 73.1 Å². The number of benzene rings is 2. The lowest BCUT2D eigenvalue weighted by molar-refractivity contribution is -0.130. The highest BCUT2D eigenvalue weighted by Gasteiger charge is 2.45. The predicted molar refractivity (Wildman–Crippen MR) is 140 cm³/mol. The van der Waals surface area contributed by atoms with Gasteiger partial charge in [-0.1, -0.05) is 12.1 Å². The molecule has 3 aromatic rings. The summed E-state index contributed by atoms with van der Waals surface area (Å²) in [4.78, 5) is 31.2. The summed E-state index contributed by atoms with van der Waals surface area (Å²) in [6, 6.07) is 8.38. The smallest absolute Gasteiger partial charge is 0.321 e. The van der Waals surface area contributed by atoms with Crippen LogP contribution >= 0.6 is 11.5 Å². The SMILES string of the molecule is CNC(=O)[C@H]1C[C@H](Oc2ccc(C(F)F)cc2NC(=O)N2CC[C@@](c3ccc(C)c(F)c3)(c3ncns3)C2)C1. The Morgan fingerprint density at radius 2 is 2.00 bits per heavy atom. The molecule has 2 aromatic carbocycles. The zero-order valence-electron chi connectivity index (χ0n) is 21.4. The van der Waals surface area contributed by atoms with Crippen LogP contribution in [0.15, 0.2) is 42.7 Å². The van der Waals surface area contributed by atoms with E-state index in [-0.39, 0.29) is 47.3 Å². The van der Waals surface area contributed by atoms with E-state index < -0.39 is 17.9 Å². The summed E-state index contributed by atoms with van der Waals surface area (Å²) < 4.78 is 51.6. The number of nitrogens with one attached hydrogen (secondary N) is 2. The van der Waals surface area contributed by atoms with E-state index in [1.807, 2.05) is 6.07 Å². The van der Waals surface area contributed by atoms with Crippen LogP contribution in [0.4, 0.5) is 23.7 Å². The highest BCUT2D eigenvalue weighted by Crippen LogP contribution is 2.42. The van der Waals surface area contributed by atoms with Crippen LogP contribution in [0, 0.1) is 18.7 Å². The lowest BCUT2D eigenvalue weighted by Crippen LogP contribution is -2.42. The summed E-state index contributed by atoms with van der Waals surface area (Å²) in [7, 11) is 1.57. The molecule has 1 aliphatic carbocycles. The van der Waals surface area contributed by atoms with Crippen LogP contribution in [-0.4, -0.2) is 52.4 Å². The molecule has 5 rings (SSSR count). The Kier molecular flexibility index (Phi) is 7.48. The van der Waals surface area contributed by atoms with E-state index >= 15 is 0 Å². The molecule has 3 amide bonds. The molecule has 0 radical (unpaired) electrons. The van der Waals surface area contributed by atoms with Gasteiger partial charge in [0.1, 0.15) is 29.0 Å². The maximum atomic E-state index is 14.5. The van der Waals surface area contributed by atoms with Crippen LogP contribution < -0.4 is 15.4 Å². The van der Waals surface area contributed by atoms with Gasteiger partial charge in [0.25, 0.3) is 6.43 Å². The van der Waals surface area contributed by atoms with Crippen LogP contribution in [0.1, 0.15) is 47.4 Å². The van der Waals surface area contributed by atoms with Gasteiger partial charge in [0.15, 0.2) is 0 Å². The second kappa shape index (κ2) is 10.8. The number of amides is 3. The zero-order chi connectivity index (χ0) is 27.7. The van der Waals surface area contributed by atoms with Gasteiger partial charge < -0.3 is 20.3 Å². The summed E-state index contributed by atoms with van der Waals surface area (Å²) in [6.07, 6.45) is -0.0935. The Hall–Kier alpha value is -3.67. The minimum atomic E-state index is -2.73. The van der Waals surface area contributed by atoms with Crippen LogP contribution in [0.3, 0.4) is 0 Å². The van der Waals surface area contributed by atoms with Crippen LogP contribution in [0.25, 0.3) is 0 Å². The van der Waals surface area contributed by atoms with Crippen molar-refractivity contribution in [3.63, 3.8) is 0 Å². The molecule has 1 atom stereocenters. The average Bonchev–Trinajstić information content (AvgIpc) is 3.59. The molecule has 12 heteroatoms. The van der Waals surface area contributed by atoms with Crippen molar-refractivity contribution >= 4 is 29.2 Å². The van der Waals surface area contributed by atoms with Gasteiger partial charge in [-0.25, -0.2) is 22.9 Å². The van der Waals surface area contributed by atoms with Crippen molar-refractivity contribution in [3.05, 3.63) is 70.2 Å². The molecule has 0 bridgehead atoms. The van der Waals surface area contributed by atoms with Crippen molar-refractivity contribution in [1.82, 2.24) is 19.6 Å². The Balaban J connectivity index is 1.36. The second-order valence-electron chi connectivity index (χ2n) is 9.97. The van der Waals surface area contributed by atoms with Crippen molar-refractivity contribution in [1.29, 1.82) is 0 Å². The van der Waals surface area contributed by atoms with E-state index in [0.29, 0.717) is 41.9 Å². The van der Waals surface area contributed by atoms with E-state index in [2.05, 4.69) is 20.0 Å². The topological polar surface area (TPSA) is 96.5 Å². The lowest BCUT2D eigenvalue weighted by Gasteiger charge is -2.34. The van der Waals surface area contributed by atoms with Gasteiger partial charge in [0.05, 0.1) is 11.1 Å². The summed E-state index contributed by atoms with van der Waals surface area (Å²) in [5.74, 6) is -0.330. The molecule has 1 aliphatic heterocycles. The molecule has 0 spiro atoms. The van der Waals surface area contributed by atoms with E-state index in [0.717, 1.165) is 0 Å². The van der Waals surface area contributed by atoms with Crippen molar-refractivity contribution in [2.24, 2.45) is 5.92 Å². The Labute approximate surface area is 227 Å². The fourth-order valence-electron chi connectivity index (χ4n) is 5.13.